The van der Waals surface area contributed by atoms with Gasteiger partial charge in [-0.15, -0.1) is 11.3 Å². The van der Waals surface area contributed by atoms with Crippen LogP contribution in [0.4, 0.5) is 17.1 Å². The molecule has 1 aliphatic carbocycles. The number of fused-ring (bicyclic) bond motifs is 12. The van der Waals surface area contributed by atoms with Gasteiger partial charge in [-0.2, -0.15) is 0 Å². The van der Waals surface area contributed by atoms with Crippen LogP contribution in [0.1, 0.15) is 214 Å². The maximum atomic E-state index is 5.76. The van der Waals surface area contributed by atoms with Crippen LogP contribution in [0, 0.1) is 83.1 Å². The van der Waals surface area contributed by atoms with E-state index >= 15 is 0 Å². The minimum atomic E-state index is 0.134. The number of aromatic nitrogens is 4. The Morgan fingerprint density at radius 3 is 0.986 bits per heavy atom. The summed E-state index contributed by atoms with van der Waals surface area (Å²) in [5.41, 5.74) is 41.5. The average Bonchev–Trinajstić information content (AvgIpc) is 1.20. The number of rotatable bonds is 22. The molecule has 22 rings (SSSR count). The molecule has 0 saturated heterocycles. The second-order valence-corrected chi connectivity index (χ2v) is 43.1. The van der Waals surface area contributed by atoms with Gasteiger partial charge < -0.3 is 13.9 Å². The molecule has 7 heteroatoms. The van der Waals surface area contributed by atoms with Gasteiger partial charge in [0.1, 0.15) is 11.2 Å². The van der Waals surface area contributed by atoms with Gasteiger partial charge in [-0.1, -0.05) is 422 Å². The Bertz CT molecular complexity index is 7510. The van der Waals surface area contributed by atoms with E-state index in [0.29, 0.717) is 17.6 Å². The third-order valence-electron chi connectivity index (χ3n) is 29.9. The fraction of sp³-hybridized carbons (Fsp3) is 0.245. The monoisotopic (exact) mass is 1930 g/mol. The minimum absolute atomic E-state index is 0.134. The van der Waals surface area contributed by atoms with Gasteiger partial charge in [-0.25, -0.2) is 15.0 Å². The topological polar surface area (TPSA) is 60.0 Å². The van der Waals surface area contributed by atoms with Crippen molar-refractivity contribution in [3.05, 3.63) is 459 Å². The van der Waals surface area contributed by atoms with E-state index < -0.39 is 0 Å². The first-order chi connectivity index (χ1) is 70.6. The molecular formula is C139H143N5OS. The van der Waals surface area contributed by atoms with Gasteiger partial charge in [0.15, 0.2) is 17.5 Å². The highest BCUT2D eigenvalue weighted by atomic mass is 32.1. The lowest BCUT2D eigenvalue weighted by atomic mass is 9.55. The van der Waals surface area contributed by atoms with Crippen LogP contribution in [0.2, 0.25) is 0 Å². The summed E-state index contributed by atoms with van der Waals surface area (Å²) in [6, 6.07) is 134. The predicted molar refractivity (Wildman–Crippen MR) is 631 cm³/mol. The molecule has 1 aliphatic rings. The summed E-state index contributed by atoms with van der Waals surface area (Å²) in [6.07, 6.45) is 16.0. The molecule has 6 nitrogen and oxygen atoms in total. The summed E-state index contributed by atoms with van der Waals surface area (Å²) < 4.78 is 10.9. The molecule has 0 spiro atoms. The van der Waals surface area contributed by atoms with Crippen LogP contribution in [0.3, 0.4) is 0 Å². The number of hydrogen-bond donors (Lipinski definition) is 0. The molecule has 0 bridgehead atoms. The van der Waals surface area contributed by atoms with E-state index in [4.69, 9.17) is 19.4 Å². The molecule has 0 amide bonds. The molecule has 736 valence electrons. The summed E-state index contributed by atoms with van der Waals surface area (Å²) in [5, 5.41) is 7.79. The first-order valence-corrected chi connectivity index (χ1v) is 53.7. The van der Waals surface area contributed by atoms with E-state index in [1.165, 1.54) is 269 Å². The number of unbranched alkanes of at least 4 members (excludes halogenated alkanes) is 9. The van der Waals surface area contributed by atoms with Crippen molar-refractivity contribution in [2.75, 3.05) is 4.90 Å². The Morgan fingerprint density at radius 2 is 0.603 bits per heavy atom. The van der Waals surface area contributed by atoms with Gasteiger partial charge in [-0.3, -0.25) is 0 Å². The molecule has 1 unspecified atom stereocenters. The Balaban J connectivity index is 0.000000124. The van der Waals surface area contributed by atoms with Crippen LogP contribution in [-0.4, -0.2) is 19.5 Å². The molecular weight excluding hydrogens is 1790 g/mol. The van der Waals surface area contributed by atoms with E-state index in [-0.39, 0.29) is 10.8 Å². The second-order valence-electron chi connectivity index (χ2n) is 42.0. The van der Waals surface area contributed by atoms with Gasteiger partial charge in [0.05, 0.1) is 11.0 Å². The van der Waals surface area contributed by atoms with Crippen LogP contribution < -0.4 is 4.90 Å². The highest BCUT2D eigenvalue weighted by Crippen LogP contribution is 2.54. The fourth-order valence-corrected chi connectivity index (χ4v) is 21.1. The number of aryl methyl sites for hydroxylation is 13. The maximum absolute atomic E-state index is 5.76. The highest BCUT2D eigenvalue weighted by Gasteiger charge is 2.46. The first-order valence-electron chi connectivity index (χ1n) is 52.9. The first kappa shape index (κ1) is 103. The van der Waals surface area contributed by atoms with Crippen LogP contribution in [-0.2, 0) is 17.3 Å². The zero-order valence-corrected chi connectivity index (χ0v) is 90.2. The molecule has 0 N–H and O–H groups in total. The van der Waals surface area contributed by atoms with E-state index in [1.54, 1.807) is 0 Å². The summed E-state index contributed by atoms with van der Waals surface area (Å²) in [6.45, 7) is 41.9. The van der Waals surface area contributed by atoms with Crippen molar-refractivity contribution in [1.29, 1.82) is 0 Å². The molecule has 17 aromatic carbocycles. The summed E-state index contributed by atoms with van der Waals surface area (Å²) >= 11 is 1.88. The predicted octanol–water partition coefficient (Wildman–Crippen LogP) is 40.4. The summed E-state index contributed by atoms with van der Waals surface area (Å²) in [4.78, 5) is 16.9. The van der Waals surface area contributed by atoms with Gasteiger partial charge in [-0.05, 0) is 296 Å². The average molecular weight is 1930 g/mol. The Labute approximate surface area is 872 Å². The van der Waals surface area contributed by atoms with Crippen molar-refractivity contribution in [1.82, 2.24) is 19.5 Å². The largest absolute Gasteiger partial charge is 0.456 e. The lowest BCUT2D eigenvalue weighted by Crippen LogP contribution is -2.43. The van der Waals surface area contributed by atoms with Crippen molar-refractivity contribution in [2.45, 2.75) is 225 Å². The molecule has 0 aliphatic heterocycles. The van der Waals surface area contributed by atoms with E-state index in [9.17, 15) is 0 Å². The molecule has 146 heavy (non-hydrogen) atoms. The quantitative estimate of drug-likeness (QED) is 0.0633. The summed E-state index contributed by atoms with van der Waals surface area (Å²) in [7, 11) is 0. The number of benzene rings is 17. The van der Waals surface area contributed by atoms with Crippen LogP contribution >= 0.6 is 11.3 Å². The van der Waals surface area contributed by atoms with Crippen molar-refractivity contribution in [3.63, 3.8) is 0 Å². The molecule has 0 fully saturated rings. The zero-order valence-electron chi connectivity index (χ0n) is 89.3. The van der Waals surface area contributed by atoms with Crippen LogP contribution in [0.5, 0.6) is 0 Å². The van der Waals surface area contributed by atoms with Crippen LogP contribution in [0.15, 0.2) is 374 Å². The van der Waals surface area contributed by atoms with Crippen molar-refractivity contribution < 1.29 is 4.42 Å². The lowest BCUT2D eigenvalue weighted by Gasteiger charge is -2.48. The molecule has 4 aromatic heterocycles. The maximum Gasteiger partial charge on any atom is 0.164 e. The van der Waals surface area contributed by atoms with Crippen molar-refractivity contribution in [2.24, 2.45) is 0 Å². The third-order valence-corrected chi connectivity index (χ3v) is 31.0. The van der Waals surface area contributed by atoms with E-state index in [0.717, 1.165) is 40.1 Å². The van der Waals surface area contributed by atoms with Gasteiger partial charge >= 0.3 is 0 Å². The fourth-order valence-electron chi connectivity index (χ4n) is 20.1. The molecule has 0 saturated carbocycles. The number of thiophene rings is 1. The standard InChI is InChI=1S/C35H43N3.C32H25N.C24H27N.C20H24.C14H12O.C14H12S/c1-4-5-6-7-8-9-10-11-12-13-14-29-19-25-32(26-20-29)35-37-33(30-21-15-27(2)16-22-30)36-34(38-35)31-23-17-28(3)18-24-31;1-22-8-12-24(13-9-22)26-16-18-31-29(20-26)30-21-27(25-14-10-23(2)11-15-25)17-19-32(30)33(31)28-6-4-3-5-7-28;1-5-20(4)21-10-16-24(17-11-21)25(22-12-6-18(2)7-13-22)23-14-8-19(3)9-15-23;1-13-7-9-15-16-10-8-14(2)12-18(16)20(5,6)19(3,4)17(15)11-13;2*1-9-3-5-13-11(7-9)12-8-10(2)4-6-14(12)15-13/h15-26H,4-14H2,1-3H3;3-21H,1-2H3;6-17,20H,5H2,1-4H3;7-12H,1-6H3;2*3-8H,1-2H3. The zero-order chi connectivity index (χ0) is 102. The Hall–Kier alpha value is -14.6. The Kier molecular flexibility index (Phi) is 32.8. The number of furan rings is 1. The SMILES string of the molecule is CCC(C)c1ccc(N(c2ccc(C)cc2)c2ccc(C)cc2)cc1.CCCCCCCCCCCCc1ccc(-c2nc(-c3ccc(C)cc3)nc(-c3ccc(C)cc3)n2)cc1.Cc1ccc(-c2ccc3c(c2)c2cc(-c4ccc(C)cc4)ccc2n3-c2ccccc2)cc1.Cc1ccc2c(c1)C(C)(C)C(C)(C)c1cc(C)ccc1-2.Cc1ccc2oc3ccc(C)cc3c2c1.Cc1ccc2sc3ccc(C)cc3c2c1. The van der Waals surface area contributed by atoms with E-state index in [1.807, 2.05) is 23.5 Å². The molecule has 0 radical (unpaired) electrons. The second kappa shape index (κ2) is 46.6. The van der Waals surface area contributed by atoms with Crippen molar-refractivity contribution >= 4 is 92.3 Å². The molecule has 21 aromatic rings. The Morgan fingerprint density at radius 1 is 0.288 bits per heavy atom. The lowest BCUT2D eigenvalue weighted by molar-refractivity contribution is 0.299. The van der Waals surface area contributed by atoms with Gasteiger partial charge in [0.2, 0.25) is 0 Å². The van der Waals surface area contributed by atoms with Gasteiger partial charge in [0, 0.05) is 81.2 Å². The number of hydrogen-bond acceptors (Lipinski definition) is 6. The number of anilines is 3. The smallest absolute Gasteiger partial charge is 0.164 e. The van der Waals surface area contributed by atoms with E-state index in [2.05, 4.69) is 499 Å². The number of para-hydroxylation sites is 1. The van der Waals surface area contributed by atoms with Gasteiger partial charge in [0.25, 0.3) is 0 Å². The van der Waals surface area contributed by atoms with Crippen molar-refractivity contribution in [3.8, 4) is 73.2 Å². The summed E-state index contributed by atoms with van der Waals surface area (Å²) in [5.74, 6) is 2.73. The highest BCUT2D eigenvalue weighted by molar-refractivity contribution is 7.25. The molecule has 1 atom stereocenters. The minimum Gasteiger partial charge on any atom is -0.456 e. The van der Waals surface area contributed by atoms with Crippen LogP contribution in [0.25, 0.3) is 137 Å². The number of nitrogens with zero attached hydrogens (tertiary/aromatic N) is 5. The third kappa shape index (κ3) is 24.3. The molecule has 4 heterocycles. The normalized spacial score (nSPS) is 12.3.